The molecule has 1 aromatic heterocycles. The summed E-state index contributed by atoms with van der Waals surface area (Å²) in [6.45, 7) is 9.81. The Labute approximate surface area is 215 Å². The van der Waals surface area contributed by atoms with Crippen LogP contribution in [-0.2, 0) is 11.0 Å². The first-order chi connectivity index (χ1) is 16.6. The number of hydrogen-bond donors (Lipinski definition) is 0. The Bertz CT molecular complexity index is 1230. The van der Waals surface area contributed by atoms with Crippen molar-refractivity contribution in [3.8, 4) is 0 Å². The van der Waals surface area contributed by atoms with Crippen LogP contribution in [-0.4, -0.2) is 24.7 Å². The molecule has 35 heavy (non-hydrogen) atoms. The number of benzene rings is 3. The number of fused-ring (bicyclic) bond motifs is 1. The van der Waals surface area contributed by atoms with Crippen molar-refractivity contribution in [2.45, 2.75) is 45.7 Å². The van der Waals surface area contributed by atoms with Gasteiger partial charge in [-0.1, -0.05) is 104 Å². The van der Waals surface area contributed by atoms with Crippen LogP contribution in [0.15, 0.2) is 83.3 Å². The first-order valence-electron chi connectivity index (χ1n) is 11.8. The second-order valence-electron chi connectivity index (χ2n) is 10.1. The number of nitrogens with zero attached hydrogens (tertiary/aromatic N) is 2. The molecule has 7 heteroatoms. The van der Waals surface area contributed by atoms with E-state index in [2.05, 4.69) is 97.3 Å². The van der Waals surface area contributed by atoms with Crippen LogP contribution in [0.5, 0.6) is 0 Å². The lowest BCUT2D eigenvalue weighted by molar-refractivity contribution is 0.146. The van der Waals surface area contributed by atoms with Crippen LogP contribution < -0.4 is 10.4 Å². The van der Waals surface area contributed by atoms with E-state index < -0.39 is 14.7 Å². The Morgan fingerprint density at radius 1 is 0.943 bits per heavy atom. The van der Waals surface area contributed by atoms with Crippen molar-refractivity contribution < 1.29 is 13.2 Å². The molecule has 0 bridgehead atoms. The Kier molecular flexibility index (Phi) is 7.59. The van der Waals surface area contributed by atoms with Gasteiger partial charge in [0, 0.05) is 23.0 Å². The van der Waals surface area contributed by atoms with Gasteiger partial charge in [0.15, 0.2) is 0 Å². The van der Waals surface area contributed by atoms with E-state index in [0.29, 0.717) is 24.1 Å². The first-order valence-corrected chi connectivity index (χ1v) is 14.5. The molecule has 3 aromatic carbocycles. The third kappa shape index (κ3) is 5.13. The lowest BCUT2D eigenvalue weighted by Crippen LogP contribution is -2.66. The zero-order valence-corrected chi connectivity index (χ0v) is 23.1. The normalized spacial score (nSPS) is 13.5. The zero-order valence-electron chi connectivity index (χ0n) is 20.5. The fourth-order valence-corrected chi connectivity index (χ4v) is 9.89. The van der Waals surface area contributed by atoms with Crippen molar-refractivity contribution >= 4 is 45.5 Å². The van der Waals surface area contributed by atoms with Gasteiger partial charge in [0.2, 0.25) is 0 Å². The molecule has 0 N–H and O–H groups in total. The lowest BCUT2D eigenvalue weighted by atomic mass is 10.2. The summed E-state index contributed by atoms with van der Waals surface area (Å²) in [5.74, 6) is 0.0595. The van der Waals surface area contributed by atoms with E-state index in [9.17, 15) is 8.78 Å². The molecule has 0 aliphatic rings. The molecule has 0 spiro atoms. The molecule has 0 radical (unpaired) electrons. The lowest BCUT2D eigenvalue weighted by Gasteiger charge is -2.43. The van der Waals surface area contributed by atoms with Crippen LogP contribution >= 0.6 is 15.9 Å². The maximum Gasteiger partial charge on any atom is 0.282 e. The van der Waals surface area contributed by atoms with Gasteiger partial charge in [0.25, 0.3) is 14.7 Å². The smallest absolute Gasteiger partial charge is 0.282 e. The highest BCUT2D eigenvalue weighted by Gasteiger charge is 2.50. The van der Waals surface area contributed by atoms with Crippen molar-refractivity contribution in [2.24, 2.45) is 5.92 Å². The van der Waals surface area contributed by atoms with Gasteiger partial charge >= 0.3 is 0 Å². The molecular formula is C28H31BrF2N2OSi. The van der Waals surface area contributed by atoms with Gasteiger partial charge in [-0.05, 0) is 39.5 Å². The number of hydrogen-bond acceptors (Lipinski definition) is 2. The minimum atomic E-state index is -2.66. The second-order valence-corrected chi connectivity index (χ2v) is 15.3. The molecule has 1 unspecified atom stereocenters. The van der Waals surface area contributed by atoms with Gasteiger partial charge in [0.05, 0.1) is 5.52 Å². The summed E-state index contributed by atoms with van der Waals surface area (Å²) in [6, 6.07) is 26.3. The van der Waals surface area contributed by atoms with Crippen molar-refractivity contribution in [1.29, 1.82) is 0 Å². The number of aromatic nitrogens is 2. The summed E-state index contributed by atoms with van der Waals surface area (Å²) in [5, 5.41) is 7.09. The van der Waals surface area contributed by atoms with Gasteiger partial charge < -0.3 is 4.43 Å². The molecule has 0 fully saturated rings. The van der Waals surface area contributed by atoms with Crippen molar-refractivity contribution in [1.82, 2.24) is 9.78 Å². The van der Waals surface area contributed by atoms with Crippen LogP contribution in [0, 0.1) is 5.92 Å². The summed E-state index contributed by atoms with van der Waals surface area (Å²) in [4.78, 5) is 0. The molecule has 0 amide bonds. The van der Waals surface area contributed by atoms with E-state index in [1.165, 1.54) is 10.4 Å². The van der Waals surface area contributed by atoms with Gasteiger partial charge in [-0.15, -0.1) is 0 Å². The Morgan fingerprint density at radius 2 is 1.51 bits per heavy atom. The highest BCUT2D eigenvalue weighted by Crippen LogP contribution is 2.37. The van der Waals surface area contributed by atoms with E-state index in [0.717, 1.165) is 4.47 Å². The molecule has 0 saturated heterocycles. The standard InChI is InChI=1S/C28H31BrF2N2OSi/c1-20(18-33-25-17-21(29)15-16-24(25)26(32-33)27(30)31)19-34-35(28(2,3)4,22-11-7-5-8-12-22)23-13-9-6-10-14-23/h5-17,20,27H,18-19H2,1-4H3. The summed E-state index contributed by atoms with van der Waals surface area (Å²) >= 11 is 3.46. The highest BCUT2D eigenvalue weighted by atomic mass is 79.9. The molecular weight excluding hydrogens is 526 g/mol. The third-order valence-electron chi connectivity index (χ3n) is 6.43. The van der Waals surface area contributed by atoms with Crippen LogP contribution in [0.1, 0.15) is 39.8 Å². The summed E-state index contributed by atoms with van der Waals surface area (Å²) < 4.78 is 36.9. The Balaban J connectivity index is 1.67. The molecule has 1 atom stereocenters. The van der Waals surface area contributed by atoms with Crippen molar-refractivity contribution in [2.75, 3.05) is 6.61 Å². The van der Waals surface area contributed by atoms with Crippen LogP contribution in [0.25, 0.3) is 10.9 Å². The van der Waals surface area contributed by atoms with E-state index in [-0.39, 0.29) is 16.7 Å². The predicted molar refractivity (Wildman–Crippen MR) is 145 cm³/mol. The van der Waals surface area contributed by atoms with E-state index in [1.807, 2.05) is 18.2 Å². The molecule has 184 valence electrons. The molecule has 0 saturated carbocycles. The SMILES string of the molecule is CC(CO[Si](c1ccccc1)(c1ccccc1)C(C)(C)C)Cn1nc(C(F)F)c2ccc(Br)cc21. The fraction of sp³-hybridized carbons (Fsp3) is 0.321. The second kappa shape index (κ2) is 10.3. The summed E-state index contributed by atoms with van der Waals surface area (Å²) in [7, 11) is -2.66. The summed E-state index contributed by atoms with van der Waals surface area (Å²) in [6.07, 6.45) is -2.62. The van der Waals surface area contributed by atoms with Crippen LogP contribution in [0.2, 0.25) is 5.04 Å². The van der Waals surface area contributed by atoms with Crippen LogP contribution in [0.4, 0.5) is 8.78 Å². The van der Waals surface area contributed by atoms with Crippen molar-refractivity contribution in [3.05, 3.63) is 89.0 Å². The molecule has 0 aliphatic heterocycles. The quantitative estimate of drug-likeness (QED) is 0.219. The highest BCUT2D eigenvalue weighted by molar-refractivity contribution is 9.10. The Morgan fingerprint density at radius 3 is 2.03 bits per heavy atom. The minimum absolute atomic E-state index is 0.0595. The average molecular weight is 558 g/mol. The number of alkyl halides is 2. The van der Waals surface area contributed by atoms with E-state index in [1.54, 1.807) is 16.8 Å². The fourth-order valence-electron chi connectivity index (χ4n) is 4.85. The third-order valence-corrected chi connectivity index (χ3v) is 11.9. The summed E-state index contributed by atoms with van der Waals surface area (Å²) in [5.41, 5.74) is 0.527. The van der Waals surface area contributed by atoms with E-state index >= 15 is 0 Å². The largest absolute Gasteiger partial charge is 0.407 e. The number of rotatable bonds is 8. The van der Waals surface area contributed by atoms with Gasteiger partial charge in [-0.25, -0.2) is 8.78 Å². The molecule has 1 heterocycles. The van der Waals surface area contributed by atoms with E-state index in [4.69, 9.17) is 4.43 Å². The van der Waals surface area contributed by atoms with Gasteiger partial charge in [0.1, 0.15) is 5.69 Å². The van der Waals surface area contributed by atoms with Crippen molar-refractivity contribution in [3.63, 3.8) is 0 Å². The molecule has 0 aliphatic carbocycles. The number of halogens is 3. The molecule has 4 aromatic rings. The molecule has 4 rings (SSSR count). The topological polar surface area (TPSA) is 27.1 Å². The van der Waals surface area contributed by atoms with Gasteiger partial charge in [-0.2, -0.15) is 5.10 Å². The van der Waals surface area contributed by atoms with Gasteiger partial charge in [-0.3, -0.25) is 4.68 Å². The Hall–Kier alpha value is -2.35. The minimum Gasteiger partial charge on any atom is -0.407 e. The maximum absolute atomic E-state index is 13.7. The monoisotopic (exact) mass is 556 g/mol. The maximum atomic E-state index is 13.7. The zero-order chi connectivity index (χ0) is 25.2. The first kappa shape index (κ1) is 25.7. The average Bonchev–Trinajstić information content (AvgIpc) is 3.17. The van der Waals surface area contributed by atoms with Crippen LogP contribution in [0.3, 0.4) is 0 Å². The molecule has 3 nitrogen and oxygen atoms in total. The predicted octanol–water partition coefficient (Wildman–Crippen LogP) is 6.95.